The number of halogens is 2. The smallest absolute Gasteiger partial charge is 0.300 e. The summed E-state index contributed by atoms with van der Waals surface area (Å²) in [7, 11) is 1.39. The van der Waals surface area contributed by atoms with E-state index in [-0.39, 0.29) is 27.5 Å². The molecule has 2 fully saturated rings. The van der Waals surface area contributed by atoms with Gasteiger partial charge in [0.05, 0.1) is 29.3 Å². The summed E-state index contributed by atoms with van der Waals surface area (Å²) in [5.74, 6) is -2.72. The van der Waals surface area contributed by atoms with E-state index in [0.717, 1.165) is 31.6 Å². The van der Waals surface area contributed by atoms with Crippen LogP contribution in [0.2, 0.25) is 5.02 Å². The van der Waals surface area contributed by atoms with Gasteiger partial charge in [-0.25, -0.2) is 4.39 Å². The van der Waals surface area contributed by atoms with Gasteiger partial charge in [0, 0.05) is 30.0 Å². The molecule has 0 saturated carbocycles. The van der Waals surface area contributed by atoms with Crippen LogP contribution in [0.15, 0.2) is 66.2 Å². The van der Waals surface area contributed by atoms with Crippen LogP contribution >= 0.6 is 11.6 Å². The lowest BCUT2D eigenvalue weighted by Crippen LogP contribution is -2.30. The van der Waals surface area contributed by atoms with E-state index in [2.05, 4.69) is 4.90 Å². The van der Waals surface area contributed by atoms with Crippen molar-refractivity contribution in [3.8, 4) is 5.75 Å². The van der Waals surface area contributed by atoms with Gasteiger partial charge in [-0.3, -0.25) is 14.5 Å². The van der Waals surface area contributed by atoms with Crippen molar-refractivity contribution >= 4 is 40.4 Å². The highest BCUT2D eigenvalue weighted by molar-refractivity contribution is 6.51. The zero-order chi connectivity index (χ0) is 26.3. The van der Waals surface area contributed by atoms with Crippen LogP contribution in [0.5, 0.6) is 5.75 Å². The molecular formula is C29H26ClFN2O4. The molecule has 0 aromatic heterocycles. The quantitative estimate of drug-likeness (QED) is 0.253. The van der Waals surface area contributed by atoms with Crippen molar-refractivity contribution in [3.05, 3.63) is 93.8 Å². The van der Waals surface area contributed by atoms with Gasteiger partial charge in [-0.15, -0.1) is 0 Å². The molecule has 0 spiro atoms. The second-order valence-electron chi connectivity index (χ2n) is 9.23. The Morgan fingerprint density at radius 1 is 1.03 bits per heavy atom. The fourth-order valence-corrected chi connectivity index (χ4v) is 5.50. The van der Waals surface area contributed by atoms with E-state index in [1.165, 1.54) is 30.2 Å². The fraction of sp³-hybridized carbons (Fsp3) is 0.241. The average molecular weight is 521 g/mol. The number of nitrogens with zero attached hydrogens (tertiary/aromatic N) is 2. The Balaban J connectivity index is 1.69. The van der Waals surface area contributed by atoms with Gasteiger partial charge < -0.3 is 14.7 Å². The molecule has 1 amide bonds. The van der Waals surface area contributed by atoms with Crippen molar-refractivity contribution in [2.24, 2.45) is 0 Å². The standard InChI is InChI=1S/C29H26ClFN2O4/c1-17-15-21(28(37-2)22(30)16-17)26(34)24-25(20-7-3-4-8-23(20)31)33(29(36)27(24)35)19-11-9-18(10-12-19)32-13-5-6-14-32/h3-4,7-12,15-16,25,34H,5-6,13-14H2,1-2H3/b26-24+. The molecule has 5 rings (SSSR count). The molecule has 3 aromatic carbocycles. The highest BCUT2D eigenvalue weighted by atomic mass is 35.5. The molecule has 1 unspecified atom stereocenters. The van der Waals surface area contributed by atoms with Gasteiger partial charge in [-0.1, -0.05) is 29.8 Å². The number of carbonyl (C=O) groups is 2. The first kappa shape index (κ1) is 24.8. The Morgan fingerprint density at radius 2 is 1.68 bits per heavy atom. The van der Waals surface area contributed by atoms with Crippen LogP contribution in [0.3, 0.4) is 0 Å². The lowest BCUT2D eigenvalue weighted by Gasteiger charge is -2.26. The normalized spacial score (nSPS) is 19.1. The highest BCUT2D eigenvalue weighted by Gasteiger charge is 2.48. The molecule has 2 saturated heterocycles. The molecule has 1 N–H and O–H groups in total. The second-order valence-corrected chi connectivity index (χ2v) is 9.64. The summed E-state index contributed by atoms with van der Waals surface area (Å²) in [6.07, 6.45) is 2.24. The van der Waals surface area contributed by atoms with E-state index in [4.69, 9.17) is 16.3 Å². The van der Waals surface area contributed by atoms with Crippen LogP contribution in [0.1, 0.15) is 35.6 Å². The van der Waals surface area contributed by atoms with Gasteiger partial charge in [0.25, 0.3) is 11.7 Å². The maximum absolute atomic E-state index is 15.2. The fourth-order valence-electron chi connectivity index (χ4n) is 5.15. The molecule has 2 aliphatic rings. The molecule has 2 aliphatic heterocycles. The van der Waals surface area contributed by atoms with Crippen LogP contribution in [-0.2, 0) is 9.59 Å². The summed E-state index contributed by atoms with van der Waals surface area (Å²) in [6, 6.07) is 15.3. The summed E-state index contributed by atoms with van der Waals surface area (Å²) < 4.78 is 20.6. The molecule has 8 heteroatoms. The van der Waals surface area contributed by atoms with Crippen molar-refractivity contribution in [1.29, 1.82) is 0 Å². The van der Waals surface area contributed by atoms with Crippen LogP contribution in [-0.4, -0.2) is 37.0 Å². The van der Waals surface area contributed by atoms with Crippen LogP contribution in [0, 0.1) is 12.7 Å². The molecule has 190 valence electrons. The zero-order valence-corrected chi connectivity index (χ0v) is 21.3. The maximum atomic E-state index is 15.2. The number of benzene rings is 3. The predicted octanol–water partition coefficient (Wildman–Crippen LogP) is 6.02. The van der Waals surface area contributed by atoms with E-state index >= 15 is 4.39 Å². The van der Waals surface area contributed by atoms with Crippen molar-refractivity contribution in [2.45, 2.75) is 25.8 Å². The number of ketones is 1. The molecule has 37 heavy (non-hydrogen) atoms. The summed E-state index contributed by atoms with van der Waals surface area (Å²) in [5.41, 5.74) is 2.15. The minimum Gasteiger partial charge on any atom is -0.507 e. The monoisotopic (exact) mass is 520 g/mol. The number of carbonyl (C=O) groups excluding carboxylic acids is 2. The summed E-state index contributed by atoms with van der Waals surface area (Å²) in [5, 5.41) is 11.7. The van der Waals surface area contributed by atoms with Gasteiger partial charge in [-0.2, -0.15) is 0 Å². The van der Waals surface area contributed by atoms with Crippen molar-refractivity contribution in [3.63, 3.8) is 0 Å². The Labute approximate surface area is 219 Å². The Morgan fingerprint density at radius 3 is 2.32 bits per heavy atom. The first-order chi connectivity index (χ1) is 17.8. The van der Waals surface area contributed by atoms with Gasteiger partial charge in [0.1, 0.15) is 17.3 Å². The molecule has 0 bridgehead atoms. The third-order valence-electron chi connectivity index (χ3n) is 6.89. The number of rotatable bonds is 5. The van der Waals surface area contributed by atoms with E-state index in [1.54, 1.807) is 37.3 Å². The van der Waals surface area contributed by atoms with Crippen molar-refractivity contribution in [1.82, 2.24) is 0 Å². The van der Waals surface area contributed by atoms with Crippen LogP contribution < -0.4 is 14.5 Å². The minimum absolute atomic E-state index is 0.0876. The topological polar surface area (TPSA) is 70.1 Å². The molecular weight excluding hydrogens is 495 g/mol. The first-order valence-electron chi connectivity index (χ1n) is 12.1. The average Bonchev–Trinajstić information content (AvgIpc) is 3.51. The Hall–Kier alpha value is -3.84. The van der Waals surface area contributed by atoms with Crippen molar-refractivity contribution < 1.29 is 23.8 Å². The molecule has 2 heterocycles. The van der Waals surface area contributed by atoms with Crippen LogP contribution in [0.25, 0.3) is 5.76 Å². The van der Waals surface area contributed by atoms with Crippen molar-refractivity contribution in [2.75, 3.05) is 30.0 Å². The Kier molecular flexibility index (Phi) is 6.65. The lowest BCUT2D eigenvalue weighted by molar-refractivity contribution is -0.132. The number of anilines is 2. The highest BCUT2D eigenvalue weighted by Crippen LogP contribution is 2.45. The lowest BCUT2D eigenvalue weighted by atomic mass is 9.94. The zero-order valence-electron chi connectivity index (χ0n) is 20.5. The number of aliphatic hydroxyl groups excluding tert-OH is 1. The number of aryl methyl sites for hydroxylation is 1. The third-order valence-corrected chi connectivity index (χ3v) is 7.17. The van der Waals surface area contributed by atoms with Crippen LogP contribution in [0.4, 0.5) is 15.8 Å². The summed E-state index contributed by atoms with van der Waals surface area (Å²) in [6.45, 7) is 3.69. The van der Waals surface area contributed by atoms with Gasteiger partial charge in [0.15, 0.2) is 0 Å². The molecule has 3 aromatic rings. The summed E-state index contributed by atoms with van der Waals surface area (Å²) in [4.78, 5) is 30.3. The number of methoxy groups -OCH3 is 1. The van der Waals surface area contributed by atoms with E-state index < -0.39 is 29.3 Å². The van der Waals surface area contributed by atoms with E-state index in [9.17, 15) is 14.7 Å². The SMILES string of the molecule is COc1c(Cl)cc(C)cc1/C(O)=C1\C(=O)C(=O)N(c2ccc(N3CCCC3)cc2)C1c1ccccc1F. The number of hydrogen-bond acceptors (Lipinski definition) is 5. The van der Waals surface area contributed by atoms with Gasteiger partial charge >= 0.3 is 0 Å². The number of hydrogen-bond donors (Lipinski definition) is 1. The van der Waals surface area contributed by atoms with Gasteiger partial charge in [-0.05, 0) is 67.8 Å². The maximum Gasteiger partial charge on any atom is 0.300 e. The Bertz CT molecular complexity index is 1410. The first-order valence-corrected chi connectivity index (χ1v) is 12.4. The molecule has 6 nitrogen and oxygen atoms in total. The second kappa shape index (κ2) is 9.90. The number of aliphatic hydroxyl groups is 1. The third kappa shape index (κ3) is 4.33. The molecule has 0 aliphatic carbocycles. The van der Waals surface area contributed by atoms with E-state index in [0.29, 0.717) is 11.3 Å². The largest absolute Gasteiger partial charge is 0.507 e. The molecule has 0 radical (unpaired) electrons. The number of amides is 1. The number of ether oxygens (including phenoxy) is 1. The number of Topliss-reactive ketones (excluding diaryl/α,β-unsaturated/α-hetero) is 1. The minimum atomic E-state index is -1.19. The predicted molar refractivity (Wildman–Crippen MR) is 142 cm³/mol. The van der Waals surface area contributed by atoms with E-state index in [1.807, 2.05) is 12.1 Å². The summed E-state index contributed by atoms with van der Waals surface area (Å²) >= 11 is 6.34. The van der Waals surface area contributed by atoms with Gasteiger partial charge in [0.2, 0.25) is 0 Å². The molecule has 1 atom stereocenters.